The first-order chi connectivity index (χ1) is 11.0. The molecule has 0 fully saturated rings. The van der Waals surface area contributed by atoms with Crippen molar-refractivity contribution in [2.24, 2.45) is 0 Å². The van der Waals surface area contributed by atoms with Crippen LogP contribution in [0.4, 0.5) is 5.69 Å². The van der Waals surface area contributed by atoms with Crippen LogP contribution in [0.3, 0.4) is 0 Å². The Hall–Kier alpha value is -1.82. The quantitative estimate of drug-likeness (QED) is 0.793. The molecule has 1 heterocycles. The lowest BCUT2D eigenvalue weighted by Crippen LogP contribution is -2.29. The van der Waals surface area contributed by atoms with E-state index in [9.17, 15) is 4.79 Å². The number of halogens is 3. The first-order valence-electron chi connectivity index (χ1n) is 6.65. The van der Waals surface area contributed by atoms with Gasteiger partial charge in [-0.1, -0.05) is 34.8 Å². The van der Waals surface area contributed by atoms with Crippen LogP contribution in [0.2, 0.25) is 15.1 Å². The normalized spacial score (nSPS) is 12.7. The van der Waals surface area contributed by atoms with E-state index in [0.29, 0.717) is 51.0 Å². The lowest BCUT2D eigenvalue weighted by Gasteiger charge is -2.19. The van der Waals surface area contributed by atoms with Crippen molar-refractivity contribution in [3.63, 3.8) is 0 Å². The summed E-state index contributed by atoms with van der Waals surface area (Å²) < 4.78 is 10.9. The maximum atomic E-state index is 12.2. The molecule has 5 nitrogen and oxygen atoms in total. The number of hydrogen-bond acceptors (Lipinski definition) is 4. The summed E-state index contributed by atoms with van der Waals surface area (Å²) in [5.74, 6) is 0.778. The Kier molecular flexibility index (Phi) is 4.71. The number of rotatable bonds is 3. The van der Waals surface area contributed by atoms with E-state index in [-0.39, 0.29) is 5.91 Å². The van der Waals surface area contributed by atoms with E-state index in [1.54, 1.807) is 18.2 Å². The maximum Gasteiger partial charge on any atom is 0.269 e. The molecule has 2 N–H and O–H groups in total. The number of ether oxygens (including phenoxy) is 2. The molecule has 1 aliphatic rings. The van der Waals surface area contributed by atoms with Crippen LogP contribution < -0.4 is 20.3 Å². The van der Waals surface area contributed by atoms with Crippen molar-refractivity contribution < 1.29 is 14.3 Å². The highest BCUT2D eigenvalue weighted by molar-refractivity contribution is 6.41. The van der Waals surface area contributed by atoms with Gasteiger partial charge >= 0.3 is 0 Å². The van der Waals surface area contributed by atoms with Crippen LogP contribution in [0.25, 0.3) is 0 Å². The van der Waals surface area contributed by atoms with Gasteiger partial charge in [0, 0.05) is 10.6 Å². The number of hydrazine groups is 1. The maximum absolute atomic E-state index is 12.2. The fraction of sp³-hybridized carbons (Fsp3) is 0.133. The summed E-state index contributed by atoms with van der Waals surface area (Å²) in [7, 11) is 0. The Bertz CT molecular complexity index is 745. The molecule has 3 rings (SSSR count). The van der Waals surface area contributed by atoms with Crippen molar-refractivity contribution in [1.82, 2.24) is 5.43 Å². The molecule has 0 spiro atoms. The number of anilines is 1. The van der Waals surface area contributed by atoms with E-state index in [0.717, 1.165) is 0 Å². The van der Waals surface area contributed by atoms with E-state index in [4.69, 9.17) is 44.3 Å². The van der Waals surface area contributed by atoms with Gasteiger partial charge in [-0.15, -0.1) is 0 Å². The number of nitrogens with one attached hydrogen (secondary N) is 2. The molecule has 0 saturated heterocycles. The molecular weight excluding hydrogens is 363 g/mol. The first-order valence-corrected chi connectivity index (χ1v) is 7.78. The summed E-state index contributed by atoms with van der Waals surface area (Å²) in [5, 5.41) is 0.999. The zero-order valence-electron chi connectivity index (χ0n) is 11.7. The Morgan fingerprint density at radius 2 is 1.61 bits per heavy atom. The van der Waals surface area contributed by atoms with E-state index in [1.807, 2.05) is 0 Å². The van der Waals surface area contributed by atoms with Gasteiger partial charge in [-0.05, 0) is 30.3 Å². The van der Waals surface area contributed by atoms with Gasteiger partial charge in [-0.25, -0.2) is 0 Å². The molecule has 2 aromatic rings. The van der Waals surface area contributed by atoms with Crippen LogP contribution in [-0.4, -0.2) is 19.1 Å². The van der Waals surface area contributed by atoms with E-state index < -0.39 is 0 Å². The van der Waals surface area contributed by atoms with Crippen molar-refractivity contribution in [1.29, 1.82) is 0 Å². The minimum absolute atomic E-state index is 0.296. The lowest BCUT2D eigenvalue weighted by molar-refractivity contribution is 0.0961. The van der Waals surface area contributed by atoms with Crippen molar-refractivity contribution in [2.45, 2.75) is 0 Å². The molecule has 0 unspecified atom stereocenters. The number of fused-ring (bicyclic) bond motifs is 1. The Balaban J connectivity index is 1.73. The minimum atomic E-state index is -0.371. The van der Waals surface area contributed by atoms with Crippen molar-refractivity contribution in [3.05, 3.63) is 51.0 Å². The average molecular weight is 374 g/mol. The molecule has 120 valence electrons. The Morgan fingerprint density at radius 3 is 2.30 bits per heavy atom. The van der Waals surface area contributed by atoms with Gasteiger partial charge in [0.2, 0.25) is 0 Å². The van der Waals surface area contributed by atoms with Gasteiger partial charge < -0.3 is 9.47 Å². The topological polar surface area (TPSA) is 59.6 Å². The highest BCUT2D eigenvalue weighted by Crippen LogP contribution is 2.33. The highest BCUT2D eigenvalue weighted by Gasteiger charge is 2.15. The Morgan fingerprint density at radius 1 is 0.957 bits per heavy atom. The van der Waals surface area contributed by atoms with Gasteiger partial charge in [0.25, 0.3) is 5.91 Å². The molecule has 0 atom stereocenters. The number of amides is 1. The first kappa shape index (κ1) is 16.1. The molecule has 1 amide bonds. The van der Waals surface area contributed by atoms with Gasteiger partial charge in [0.15, 0.2) is 11.5 Å². The van der Waals surface area contributed by atoms with Crippen molar-refractivity contribution >= 4 is 46.4 Å². The second-order valence-corrected chi connectivity index (χ2v) is 5.93. The van der Waals surface area contributed by atoms with Gasteiger partial charge in [-0.3, -0.25) is 15.6 Å². The van der Waals surface area contributed by atoms with Crippen LogP contribution >= 0.6 is 34.8 Å². The predicted octanol–water partition coefficient (Wildman–Crippen LogP) is 4.17. The summed E-state index contributed by atoms with van der Waals surface area (Å²) in [4.78, 5) is 12.2. The monoisotopic (exact) mass is 372 g/mol. The van der Waals surface area contributed by atoms with Gasteiger partial charge in [0.05, 0.1) is 15.7 Å². The lowest BCUT2D eigenvalue weighted by atomic mass is 10.2. The smallest absolute Gasteiger partial charge is 0.269 e. The van der Waals surface area contributed by atoms with Crippen LogP contribution in [0.5, 0.6) is 11.5 Å². The van der Waals surface area contributed by atoms with Gasteiger partial charge in [-0.2, -0.15) is 0 Å². The molecule has 0 aliphatic carbocycles. The minimum Gasteiger partial charge on any atom is -0.486 e. The summed E-state index contributed by atoms with van der Waals surface area (Å²) >= 11 is 17.9. The zero-order chi connectivity index (χ0) is 16.4. The average Bonchev–Trinajstić information content (AvgIpc) is 2.53. The third-order valence-corrected chi connectivity index (χ3v) is 3.93. The second-order valence-electron chi connectivity index (χ2n) is 4.68. The molecule has 0 radical (unpaired) electrons. The molecule has 2 aromatic carbocycles. The molecule has 0 bridgehead atoms. The number of hydrogen-bond donors (Lipinski definition) is 2. The predicted molar refractivity (Wildman–Crippen MR) is 90.0 cm³/mol. The summed E-state index contributed by atoms with van der Waals surface area (Å²) in [5.41, 5.74) is 5.99. The standard InChI is InChI=1S/C15H11Cl3N2O3/c16-9-6-10(17)14(11(18)7-9)19-20-15(21)8-1-2-12-13(5-8)23-4-3-22-12/h1-2,5-7,19H,3-4H2,(H,20,21). The number of carbonyl (C=O) groups excluding carboxylic acids is 1. The molecule has 8 heteroatoms. The second kappa shape index (κ2) is 6.74. The van der Waals surface area contributed by atoms with Crippen LogP contribution in [-0.2, 0) is 0 Å². The molecule has 0 aromatic heterocycles. The van der Waals surface area contributed by atoms with Crippen molar-refractivity contribution in [2.75, 3.05) is 18.6 Å². The summed E-state index contributed by atoms with van der Waals surface area (Å²) in [6.07, 6.45) is 0. The van der Waals surface area contributed by atoms with E-state index in [2.05, 4.69) is 10.9 Å². The highest BCUT2D eigenvalue weighted by atomic mass is 35.5. The third-order valence-electron chi connectivity index (χ3n) is 3.11. The van der Waals surface area contributed by atoms with E-state index >= 15 is 0 Å². The van der Waals surface area contributed by atoms with Crippen molar-refractivity contribution in [3.8, 4) is 11.5 Å². The number of benzene rings is 2. The van der Waals surface area contributed by atoms with E-state index in [1.165, 1.54) is 12.1 Å². The van der Waals surface area contributed by atoms with Crippen LogP contribution in [0, 0.1) is 0 Å². The molecule has 23 heavy (non-hydrogen) atoms. The van der Waals surface area contributed by atoms with Gasteiger partial charge in [0.1, 0.15) is 13.2 Å². The Labute approximate surface area is 147 Å². The largest absolute Gasteiger partial charge is 0.486 e. The molecule has 0 saturated carbocycles. The fourth-order valence-electron chi connectivity index (χ4n) is 2.04. The SMILES string of the molecule is O=C(NNc1c(Cl)cc(Cl)cc1Cl)c1ccc2c(c1)OCCO2. The zero-order valence-corrected chi connectivity index (χ0v) is 13.9. The third kappa shape index (κ3) is 3.58. The summed E-state index contributed by atoms with van der Waals surface area (Å²) in [6.45, 7) is 0.944. The summed E-state index contributed by atoms with van der Waals surface area (Å²) in [6, 6.07) is 7.97. The molecular formula is C15H11Cl3N2O3. The van der Waals surface area contributed by atoms with Crippen LogP contribution in [0.1, 0.15) is 10.4 Å². The van der Waals surface area contributed by atoms with Crippen LogP contribution in [0.15, 0.2) is 30.3 Å². The fourth-order valence-corrected chi connectivity index (χ4v) is 2.95. The number of carbonyl (C=O) groups is 1. The molecule has 1 aliphatic heterocycles.